The van der Waals surface area contributed by atoms with Gasteiger partial charge >= 0.3 is 0 Å². The molecule has 0 aliphatic rings. The minimum Gasteiger partial charge on any atom is -0.497 e. The molecule has 102 valence electrons. The van der Waals surface area contributed by atoms with E-state index in [0.29, 0.717) is 19.6 Å². The molecule has 18 heavy (non-hydrogen) atoms. The Morgan fingerprint density at radius 3 is 2.11 bits per heavy atom. The summed E-state index contributed by atoms with van der Waals surface area (Å²) in [4.78, 5) is 1.97. The van der Waals surface area contributed by atoms with Crippen molar-refractivity contribution in [1.82, 2.24) is 4.90 Å². The number of hydrogen-bond acceptors (Lipinski definition) is 5. The number of methoxy groups -OCH3 is 1. The fourth-order valence-electron chi connectivity index (χ4n) is 2.00. The molecule has 0 fully saturated rings. The van der Waals surface area contributed by atoms with Crippen LogP contribution in [0.15, 0.2) is 24.3 Å². The number of nitrogens with zero attached hydrogens (tertiary/aromatic N) is 1. The van der Waals surface area contributed by atoms with Gasteiger partial charge in [0.05, 0.1) is 20.3 Å². The normalized spacial score (nSPS) is 12.7. The maximum Gasteiger partial charge on any atom is 0.118 e. The Balaban J connectivity index is 2.83. The molecule has 1 aromatic carbocycles. The molecule has 0 aliphatic heterocycles. The van der Waals surface area contributed by atoms with Crippen LogP contribution < -0.4 is 10.5 Å². The molecule has 0 saturated heterocycles. The first kappa shape index (κ1) is 14.9. The fraction of sp³-hybridized carbons (Fsp3) is 0.538. The maximum absolute atomic E-state index is 9.05. The monoisotopic (exact) mass is 254 g/mol. The van der Waals surface area contributed by atoms with Crippen LogP contribution in [0.4, 0.5) is 0 Å². The smallest absolute Gasteiger partial charge is 0.118 e. The summed E-state index contributed by atoms with van der Waals surface area (Å²) < 4.78 is 5.11. The maximum atomic E-state index is 9.05. The number of rotatable bonds is 8. The van der Waals surface area contributed by atoms with Gasteiger partial charge in [-0.25, -0.2) is 0 Å². The highest BCUT2D eigenvalue weighted by Crippen LogP contribution is 2.21. The van der Waals surface area contributed by atoms with E-state index >= 15 is 0 Å². The van der Waals surface area contributed by atoms with Crippen molar-refractivity contribution in [3.8, 4) is 5.75 Å². The Morgan fingerprint density at radius 1 is 1.17 bits per heavy atom. The van der Waals surface area contributed by atoms with Crippen LogP contribution in [0.25, 0.3) is 0 Å². The van der Waals surface area contributed by atoms with Crippen molar-refractivity contribution in [1.29, 1.82) is 0 Å². The van der Waals surface area contributed by atoms with Crippen molar-refractivity contribution >= 4 is 0 Å². The number of ether oxygens (including phenoxy) is 1. The van der Waals surface area contributed by atoms with Crippen molar-refractivity contribution in [2.45, 2.75) is 6.04 Å². The summed E-state index contributed by atoms with van der Waals surface area (Å²) in [7, 11) is 1.62. The lowest BCUT2D eigenvalue weighted by molar-refractivity contribution is 0.124. The Morgan fingerprint density at radius 2 is 1.72 bits per heavy atom. The predicted molar refractivity (Wildman–Crippen MR) is 70.5 cm³/mol. The van der Waals surface area contributed by atoms with Gasteiger partial charge in [-0.2, -0.15) is 0 Å². The first-order chi connectivity index (χ1) is 8.76. The third-order valence-electron chi connectivity index (χ3n) is 2.94. The summed E-state index contributed by atoms with van der Waals surface area (Å²) in [6.45, 7) is 1.52. The lowest BCUT2D eigenvalue weighted by atomic mass is 10.1. The van der Waals surface area contributed by atoms with Crippen molar-refractivity contribution in [3.63, 3.8) is 0 Å². The molecule has 0 aliphatic carbocycles. The molecule has 0 aromatic heterocycles. The van der Waals surface area contributed by atoms with Crippen molar-refractivity contribution in [2.24, 2.45) is 5.73 Å². The minimum atomic E-state index is -0.00444. The highest BCUT2D eigenvalue weighted by molar-refractivity contribution is 5.29. The number of aliphatic hydroxyl groups is 2. The number of hydrogen-bond donors (Lipinski definition) is 3. The van der Waals surface area contributed by atoms with Gasteiger partial charge in [0.2, 0.25) is 0 Å². The van der Waals surface area contributed by atoms with Gasteiger partial charge in [-0.05, 0) is 17.7 Å². The van der Waals surface area contributed by atoms with Crippen LogP contribution >= 0.6 is 0 Å². The second-order valence-electron chi connectivity index (χ2n) is 4.01. The molecule has 0 bridgehead atoms. The second kappa shape index (κ2) is 8.05. The van der Waals surface area contributed by atoms with Crippen LogP contribution in [-0.4, -0.2) is 55.1 Å². The highest BCUT2D eigenvalue weighted by Gasteiger charge is 2.18. The van der Waals surface area contributed by atoms with Crippen LogP contribution in [0, 0.1) is 0 Å². The van der Waals surface area contributed by atoms with Crippen LogP contribution in [0.3, 0.4) is 0 Å². The van der Waals surface area contributed by atoms with E-state index < -0.39 is 0 Å². The van der Waals surface area contributed by atoms with Gasteiger partial charge in [0, 0.05) is 25.7 Å². The summed E-state index contributed by atoms with van der Waals surface area (Å²) in [5.74, 6) is 0.797. The molecule has 1 atom stereocenters. The van der Waals surface area contributed by atoms with E-state index in [0.717, 1.165) is 11.3 Å². The lowest BCUT2D eigenvalue weighted by Crippen LogP contribution is -2.37. The first-order valence-corrected chi connectivity index (χ1v) is 6.06. The molecule has 0 heterocycles. The average molecular weight is 254 g/mol. The highest BCUT2D eigenvalue weighted by atomic mass is 16.5. The van der Waals surface area contributed by atoms with E-state index in [4.69, 9.17) is 20.7 Å². The largest absolute Gasteiger partial charge is 0.497 e. The van der Waals surface area contributed by atoms with Gasteiger partial charge in [0.15, 0.2) is 0 Å². The second-order valence-corrected chi connectivity index (χ2v) is 4.01. The summed E-state index contributed by atoms with van der Waals surface area (Å²) in [6, 6.07) is 7.67. The molecule has 0 spiro atoms. The van der Waals surface area contributed by atoms with Gasteiger partial charge in [0.25, 0.3) is 0 Å². The molecule has 0 radical (unpaired) electrons. The van der Waals surface area contributed by atoms with Gasteiger partial charge in [-0.3, -0.25) is 4.90 Å². The van der Waals surface area contributed by atoms with E-state index in [-0.39, 0.29) is 19.3 Å². The van der Waals surface area contributed by atoms with Crippen LogP contribution in [0.1, 0.15) is 11.6 Å². The topological polar surface area (TPSA) is 79.0 Å². The summed E-state index contributed by atoms with van der Waals surface area (Å²) in [6.07, 6.45) is 0. The molecule has 0 saturated carbocycles. The third-order valence-corrected chi connectivity index (χ3v) is 2.94. The molecule has 1 unspecified atom stereocenters. The molecular weight excluding hydrogens is 232 g/mol. The van der Waals surface area contributed by atoms with E-state index in [1.54, 1.807) is 7.11 Å². The molecular formula is C13H22N2O3. The zero-order chi connectivity index (χ0) is 13.4. The summed E-state index contributed by atoms with van der Waals surface area (Å²) >= 11 is 0. The fourth-order valence-corrected chi connectivity index (χ4v) is 2.00. The van der Waals surface area contributed by atoms with E-state index in [1.165, 1.54) is 0 Å². The van der Waals surface area contributed by atoms with Crippen molar-refractivity contribution < 1.29 is 14.9 Å². The number of benzene rings is 1. The standard InChI is InChI=1S/C13H22N2O3/c1-18-12-4-2-11(3-5-12)13(10-14)15(6-8-16)7-9-17/h2-5,13,16-17H,6-10,14H2,1H3. The number of nitrogens with two attached hydrogens (primary N) is 1. The van der Waals surface area contributed by atoms with Crippen molar-refractivity contribution in [3.05, 3.63) is 29.8 Å². The van der Waals surface area contributed by atoms with E-state index in [2.05, 4.69) is 0 Å². The van der Waals surface area contributed by atoms with Crippen LogP contribution in [0.5, 0.6) is 5.75 Å². The zero-order valence-corrected chi connectivity index (χ0v) is 10.7. The lowest BCUT2D eigenvalue weighted by Gasteiger charge is -2.30. The molecule has 5 nitrogen and oxygen atoms in total. The predicted octanol–water partition coefficient (Wildman–Crippen LogP) is -0.0184. The average Bonchev–Trinajstić information content (AvgIpc) is 2.41. The molecule has 4 N–H and O–H groups in total. The Labute approximate surface area is 108 Å². The van der Waals surface area contributed by atoms with Gasteiger partial charge in [0.1, 0.15) is 5.75 Å². The Hall–Kier alpha value is -1.14. The van der Waals surface area contributed by atoms with E-state index in [9.17, 15) is 0 Å². The zero-order valence-electron chi connectivity index (χ0n) is 10.7. The third kappa shape index (κ3) is 3.96. The first-order valence-electron chi connectivity index (χ1n) is 6.06. The van der Waals surface area contributed by atoms with Crippen LogP contribution in [0.2, 0.25) is 0 Å². The molecule has 5 heteroatoms. The SMILES string of the molecule is COc1ccc(C(CN)N(CCO)CCO)cc1. The Kier molecular flexibility index (Phi) is 6.67. The molecule has 1 rings (SSSR count). The van der Waals surface area contributed by atoms with Gasteiger partial charge in [-0.1, -0.05) is 12.1 Å². The van der Waals surface area contributed by atoms with Crippen molar-refractivity contribution in [2.75, 3.05) is 40.0 Å². The van der Waals surface area contributed by atoms with Gasteiger partial charge < -0.3 is 20.7 Å². The molecule has 0 amide bonds. The summed E-state index contributed by atoms with van der Waals surface area (Å²) in [5, 5.41) is 18.1. The quantitative estimate of drug-likeness (QED) is 0.608. The molecule has 1 aromatic rings. The van der Waals surface area contributed by atoms with Gasteiger partial charge in [-0.15, -0.1) is 0 Å². The van der Waals surface area contributed by atoms with Crippen LogP contribution in [-0.2, 0) is 0 Å². The summed E-state index contributed by atoms with van der Waals surface area (Å²) in [5.41, 5.74) is 6.86. The Bertz CT molecular complexity index is 324. The minimum absolute atomic E-state index is 0.00444. The van der Waals surface area contributed by atoms with E-state index in [1.807, 2.05) is 29.2 Å². The number of aliphatic hydroxyl groups excluding tert-OH is 2.